The van der Waals surface area contributed by atoms with Gasteiger partial charge in [-0.1, -0.05) is 25.1 Å². The summed E-state index contributed by atoms with van der Waals surface area (Å²) < 4.78 is 5.08. The molecule has 2 aliphatic rings. The molecule has 1 aliphatic heterocycles. The molecule has 2 amide bonds. The largest absolute Gasteiger partial charge is 0.466 e. The molecule has 1 aliphatic carbocycles. The zero-order valence-electron chi connectivity index (χ0n) is 17.5. The van der Waals surface area contributed by atoms with Gasteiger partial charge < -0.3 is 15.0 Å². The van der Waals surface area contributed by atoms with Crippen LogP contribution in [-0.2, 0) is 32.0 Å². The molecule has 1 aromatic carbocycles. The number of aryl methyl sites for hydroxylation is 2. The normalized spacial score (nSPS) is 19.8. The van der Waals surface area contributed by atoms with Crippen LogP contribution in [0.15, 0.2) is 18.2 Å². The highest BCUT2D eigenvalue weighted by Crippen LogP contribution is 2.26. The Balaban J connectivity index is 1.63. The first-order valence-electron chi connectivity index (χ1n) is 10.9. The van der Waals surface area contributed by atoms with Gasteiger partial charge in [-0.15, -0.1) is 0 Å². The lowest BCUT2D eigenvalue weighted by atomic mass is 9.89. The molecule has 2 atom stereocenters. The first-order valence-corrected chi connectivity index (χ1v) is 10.9. The third kappa shape index (κ3) is 5.17. The predicted molar refractivity (Wildman–Crippen MR) is 110 cm³/mol. The van der Waals surface area contributed by atoms with Crippen molar-refractivity contribution in [2.24, 2.45) is 5.92 Å². The van der Waals surface area contributed by atoms with Gasteiger partial charge in [0.1, 0.15) is 0 Å². The smallest absolute Gasteiger partial charge is 0.311 e. The van der Waals surface area contributed by atoms with Crippen molar-refractivity contribution >= 4 is 17.8 Å². The SMILES string of the molecule is CCOC(=O)C1CCCN(C(=O)C(=O)NC(CC)c2ccc3c(c2)CCCC3)C1. The second-order valence-corrected chi connectivity index (χ2v) is 8.01. The molecule has 1 N–H and O–H groups in total. The minimum Gasteiger partial charge on any atom is -0.466 e. The number of likely N-dealkylation sites (tertiary alicyclic amines) is 1. The van der Waals surface area contributed by atoms with Gasteiger partial charge in [0.25, 0.3) is 0 Å². The zero-order chi connectivity index (χ0) is 20.8. The quantitative estimate of drug-likeness (QED) is 0.609. The lowest BCUT2D eigenvalue weighted by Gasteiger charge is -2.31. The van der Waals surface area contributed by atoms with Crippen molar-refractivity contribution in [2.75, 3.05) is 19.7 Å². The number of nitrogens with zero attached hydrogens (tertiary/aromatic N) is 1. The maximum atomic E-state index is 12.7. The molecule has 1 saturated heterocycles. The van der Waals surface area contributed by atoms with Crippen molar-refractivity contribution in [3.05, 3.63) is 34.9 Å². The maximum absolute atomic E-state index is 12.7. The van der Waals surface area contributed by atoms with E-state index in [4.69, 9.17) is 4.74 Å². The van der Waals surface area contributed by atoms with Crippen LogP contribution in [0, 0.1) is 5.92 Å². The number of carbonyl (C=O) groups is 3. The van der Waals surface area contributed by atoms with Crippen LogP contribution in [0.5, 0.6) is 0 Å². The summed E-state index contributed by atoms with van der Waals surface area (Å²) in [7, 11) is 0. The maximum Gasteiger partial charge on any atom is 0.311 e. The predicted octanol–water partition coefficient (Wildman–Crippen LogP) is 2.93. The molecule has 1 fully saturated rings. The fourth-order valence-corrected chi connectivity index (χ4v) is 4.37. The average Bonchev–Trinajstić information content (AvgIpc) is 2.76. The molecule has 29 heavy (non-hydrogen) atoms. The summed E-state index contributed by atoms with van der Waals surface area (Å²) in [5, 5.41) is 2.91. The molecule has 0 bridgehead atoms. The first-order chi connectivity index (χ1) is 14.0. The Hall–Kier alpha value is -2.37. The third-order valence-corrected chi connectivity index (χ3v) is 6.01. The Bertz CT molecular complexity index is 761. The summed E-state index contributed by atoms with van der Waals surface area (Å²) in [6.07, 6.45) is 6.74. The van der Waals surface area contributed by atoms with E-state index in [0.717, 1.165) is 18.4 Å². The van der Waals surface area contributed by atoms with Gasteiger partial charge in [0.15, 0.2) is 0 Å². The summed E-state index contributed by atoms with van der Waals surface area (Å²) in [6.45, 7) is 4.84. The fourth-order valence-electron chi connectivity index (χ4n) is 4.37. The summed E-state index contributed by atoms with van der Waals surface area (Å²) in [4.78, 5) is 38.8. The topological polar surface area (TPSA) is 75.7 Å². The second kappa shape index (κ2) is 9.90. The highest BCUT2D eigenvalue weighted by molar-refractivity contribution is 6.35. The minimum absolute atomic E-state index is 0.190. The zero-order valence-corrected chi connectivity index (χ0v) is 17.5. The summed E-state index contributed by atoms with van der Waals surface area (Å²) in [5.41, 5.74) is 3.81. The number of benzene rings is 1. The van der Waals surface area contributed by atoms with E-state index in [2.05, 4.69) is 23.5 Å². The Morgan fingerprint density at radius 1 is 1.14 bits per heavy atom. The van der Waals surface area contributed by atoms with Crippen molar-refractivity contribution in [1.82, 2.24) is 10.2 Å². The van der Waals surface area contributed by atoms with Crippen LogP contribution in [0.3, 0.4) is 0 Å². The van der Waals surface area contributed by atoms with Crippen LogP contribution in [0.4, 0.5) is 0 Å². The molecule has 158 valence electrons. The highest BCUT2D eigenvalue weighted by atomic mass is 16.5. The van der Waals surface area contributed by atoms with Gasteiger partial charge in [0.2, 0.25) is 0 Å². The van der Waals surface area contributed by atoms with Crippen LogP contribution in [-0.4, -0.2) is 42.4 Å². The van der Waals surface area contributed by atoms with E-state index < -0.39 is 11.8 Å². The number of esters is 1. The van der Waals surface area contributed by atoms with Crippen molar-refractivity contribution in [1.29, 1.82) is 0 Å². The molecule has 0 aromatic heterocycles. The van der Waals surface area contributed by atoms with Crippen LogP contribution in [0.25, 0.3) is 0 Å². The molecule has 0 radical (unpaired) electrons. The first kappa shape index (κ1) is 21.3. The number of rotatable bonds is 5. The van der Waals surface area contributed by atoms with Crippen molar-refractivity contribution in [3.63, 3.8) is 0 Å². The lowest BCUT2D eigenvalue weighted by molar-refractivity contribution is -0.154. The van der Waals surface area contributed by atoms with Gasteiger partial charge >= 0.3 is 17.8 Å². The van der Waals surface area contributed by atoms with Gasteiger partial charge in [-0.25, -0.2) is 0 Å². The molecule has 0 spiro atoms. The van der Waals surface area contributed by atoms with Crippen LogP contribution < -0.4 is 5.32 Å². The Kier molecular flexibility index (Phi) is 7.29. The number of ether oxygens (including phenoxy) is 1. The van der Waals surface area contributed by atoms with Gasteiger partial charge in [-0.05, 0) is 68.6 Å². The van der Waals surface area contributed by atoms with E-state index in [9.17, 15) is 14.4 Å². The van der Waals surface area contributed by atoms with Gasteiger partial charge in [0.05, 0.1) is 18.6 Å². The monoisotopic (exact) mass is 400 g/mol. The molecule has 6 nitrogen and oxygen atoms in total. The Morgan fingerprint density at radius 3 is 2.62 bits per heavy atom. The summed E-state index contributed by atoms with van der Waals surface area (Å²) >= 11 is 0. The Morgan fingerprint density at radius 2 is 1.90 bits per heavy atom. The number of nitrogens with one attached hydrogen (secondary N) is 1. The number of amides is 2. The van der Waals surface area contributed by atoms with Crippen molar-refractivity contribution in [2.45, 2.75) is 64.8 Å². The number of carbonyl (C=O) groups excluding carboxylic acids is 3. The summed E-state index contributed by atoms with van der Waals surface area (Å²) in [5.74, 6) is -1.79. The van der Waals surface area contributed by atoms with E-state index in [-0.39, 0.29) is 24.5 Å². The van der Waals surface area contributed by atoms with Gasteiger partial charge in [-0.2, -0.15) is 0 Å². The molecule has 1 heterocycles. The molecular formula is C23H32N2O4. The number of hydrogen-bond donors (Lipinski definition) is 1. The standard InChI is InChI=1S/C23H32N2O4/c1-3-20(18-12-11-16-8-5-6-9-17(16)14-18)24-21(26)22(27)25-13-7-10-19(15-25)23(28)29-4-2/h11-12,14,19-20H,3-10,13,15H2,1-2H3,(H,24,26). The minimum atomic E-state index is -0.598. The molecular weight excluding hydrogens is 368 g/mol. The van der Waals surface area contributed by atoms with Crippen LogP contribution >= 0.6 is 0 Å². The van der Waals surface area contributed by atoms with Crippen molar-refractivity contribution in [3.8, 4) is 0 Å². The van der Waals surface area contributed by atoms with E-state index in [0.29, 0.717) is 32.4 Å². The lowest BCUT2D eigenvalue weighted by Crippen LogP contribution is -2.49. The second-order valence-electron chi connectivity index (χ2n) is 8.01. The molecule has 2 unspecified atom stereocenters. The number of piperidine rings is 1. The number of fused-ring (bicyclic) bond motifs is 1. The van der Waals surface area contributed by atoms with E-state index >= 15 is 0 Å². The van der Waals surface area contributed by atoms with Gasteiger partial charge in [0, 0.05) is 13.1 Å². The van der Waals surface area contributed by atoms with E-state index in [1.807, 2.05) is 6.92 Å². The number of hydrogen-bond acceptors (Lipinski definition) is 4. The molecule has 3 rings (SSSR count). The van der Waals surface area contributed by atoms with E-state index in [1.54, 1.807) is 6.92 Å². The van der Waals surface area contributed by atoms with Crippen LogP contribution in [0.1, 0.15) is 68.7 Å². The van der Waals surface area contributed by atoms with Crippen molar-refractivity contribution < 1.29 is 19.1 Å². The highest BCUT2D eigenvalue weighted by Gasteiger charge is 2.32. The van der Waals surface area contributed by atoms with Gasteiger partial charge in [-0.3, -0.25) is 14.4 Å². The van der Waals surface area contributed by atoms with Crippen LogP contribution in [0.2, 0.25) is 0 Å². The molecule has 6 heteroatoms. The average molecular weight is 401 g/mol. The third-order valence-electron chi connectivity index (χ3n) is 6.01. The molecule has 0 saturated carbocycles. The molecule has 1 aromatic rings. The summed E-state index contributed by atoms with van der Waals surface area (Å²) in [6, 6.07) is 6.23. The fraction of sp³-hybridized carbons (Fsp3) is 0.609. The Labute approximate surface area is 173 Å². The van der Waals surface area contributed by atoms with E-state index in [1.165, 1.54) is 28.9 Å².